The molecule has 2 aliphatic heterocycles. The third-order valence-corrected chi connectivity index (χ3v) is 6.44. The molecule has 1 aromatic carbocycles. The third-order valence-electron chi connectivity index (χ3n) is 6.44. The first-order valence-electron chi connectivity index (χ1n) is 10.7. The standard InChI is InChI=1S/C23H33N5O/c1-5-27-12-18(10-24-27)11-26-13-19-14-28(22(29)16-25(3)4)23(21(19)15-26)20-9-7-6-8-17(20)2/h6-10,12,19,21,23H,5,11,13-16H2,1-4H3/t19-,21-,23+/m1/s1. The molecular formula is C23H33N5O. The maximum Gasteiger partial charge on any atom is 0.237 e. The summed E-state index contributed by atoms with van der Waals surface area (Å²) in [7, 11) is 3.94. The SMILES string of the molecule is CCn1cc(CN2C[C@@H]3CN(C(=O)CN(C)C)[C@@H](c4ccccc4C)[C@@H]3C2)cn1. The van der Waals surface area contributed by atoms with E-state index in [0.29, 0.717) is 18.4 Å². The monoisotopic (exact) mass is 395 g/mol. The molecule has 0 bridgehead atoms. The Morgan fingerprint density at radius 2 is 2.00 bits per heavy atom. The number of carbonyl (C=O) groups excluding carboxylic acids is 1. The van der Waals surface area contributed by atoms with Crippen LogP contribution in [-0.4, -0.2) is 70.7 Å². The van der Waals surface area contributed by atoms with Crippen molar-refractivity contribution in [2.45, 2.75) is 33.0 Å². The maximum absolute atomic E-state index is 13.0. The van der Waals surface area contributed by atoms with Gasteiger partial charge in [-0.05, 0) is 45.0 Å². The first kappa shape index (κ1) is 20.1. The number of carbonyl (C=O) groups is 1. The van der Waals surface area contributed by atoms with Gasteiger partial charge >= 0.3 is 0 Å². The first-order valence-corrected chi connectivity index (χ1v) is 10.7. The topological polar surface area (TPSA) is 44.6 Å². The maximum atomic E-state index is 13.0. The molecule has 0 radical (unpaired) electrons. The highest BCUT2D eigenvalue weighted by Gasteiger charge is 2.49. The van der Waals surface area contributed by atoms with Crippen molar-refractivity contribution in [3.63, 3.8) is 0 Å². The van der Waals surface area contributed by atoms with Crippen molar-refractivity contribution in [2.75, 3.05) is 40.3 Å². The van der Waals surface area contributed by atoms with Crippen molar-refractivity contribution in [1.29, 1.82) is 0 Å². The van der Waals surface area contributed by atoms with Crippen molar-refractivity contribution in [2.24, 2.45) is 11.8 Å². The minimum Gasteiger partial charge on any atom is -0.334 e. The van der Waals surface area contributed by atoms with Crippen LogP contribution in [0.2, 0.25) is 0 Å². The molecule has 4 rings (SSSR count). The fourth-order valence-corrected chi connectivity index (χ4v) is 5.12. The van der Waals surface area contributed by atoms with Crippen LogP contribution in [0.15, 0.2) is 36.7 Å². The number of aryl methyl sites for hydroxylation is 2. The fourth-order valence-electron chi connectivity index (χ4n) is 5.12. The molecule has 6 nitrogen and oxygen atoms in total. The Bertz CT molecular complexity index is 860. The number of rotatable bonds is 6. The largest absolute Gasteiger partial charge is 0.334 e. The Morgan fingerprint density at radius 1 is 1.21 bits per heavy atom. The van der Waals surface area contributed by atoms with Crippen LogP contribution < -0.4 is 0 Å². The normalized spacial score (nSPS) is 24.4. The predicted octanol–water partition coefficient (Wildman–Crippen LogP) is 2.40. The quantitative estimate of drug-likeness (QED) is 0.754. The van der Waals surface area contributed by atoms with E-state index in [1.807, 2.05) is 29.9 Å². The van der Waals surface area contributed by atoms with Crippen molar-refractivity contribution in [3.05, 3.63) is 53.3 Å². The Kier molecular flexibility index (Phi) is 5.74. The molecule has 3 atom stereocenters. The zero-order valence-electron chi connectivity index (χ0n) is 18.1. The summed E-state index contributed by atoms with van der Waals surface area (Å²) < 4.78 is 1.99. The van der Waals surface area contributed by atoms with Crippen molar-refractivity contribution >= 4 is 5.91 Å². The summed E-state index contributed by atoms with van der Waals surface area (Å²) in [5, 5.41) is 4.42. The van der Waals surface area contributed by atoms with Crippen LogP contribution in [0.4, 0.5) is 0 Å². The third kappa shape index (κ3) is 4.09. The summed E-state index contributed by atoms with van der Waals surface area (Å²) in [6.45, 7) is 9.56. The number of benzene rings is 1. The molecule has 2 aliphatic rings. The van der Waals surface area contributed by atoms with Gasteiger partial charge in [-0.2, -0.15) is 5.10 Å². The number of likely N-dealkylation sites (N-methyl/N-ethyl adjacent to an activating group) is 1. The molecule has 0 saturated carbocycles. The molecule has 6 heteroatoms. The van der Waals surface area contributed by atoms with E-state index in [2.05, 4.69) is 59.2 Å². The van der Waals surface area contributed by atoms with Crippen LogP contribution in [0, 0.1) is 18.8 Å². The van der Waals surface area contributed by atoms with Gasteiger partial charge in [-0.25, -0.2) is 0 Å². The van der Waals surface area contributed by atoms with Gasteiger partial charge < -0.3 is 9.80 Å². The van der Waals surface area contributed by atoms with E-state index in [1.54, 1.807) is 0 Å². The Morgan fingerprint density at radius 3 is 2.69 bits per heavy atom. The predicted molar refractivity (Wildman–Crippen MR) is 114 cm³/mol. The van der Waals surface area contributed by atoms with E-state index in [-0.39, 0.29) is 11.9 Å². The molecular weight excluding hydrogens is 362 g/mol. The second-order valence-corrected chi connectivity index (χ2v) is 8.91. The highest BCUT2D eigenvalue weighted by Crippen LogP contribution is 2.46. The Balaban J connectivity index is 1.55. The Hall–Kier alpha value is -2.18. The number of likely N-dealkylation sites (tertiary alicyclic amines) is 2. The van der Waals surface area contributed by atoms with E-state index in [4.69, 9.17) is 0 Å². The van der Waals surface area contributed by atoms with Gasteiger partial charge in [0, 0.05) is 50.4 Å². The van der Waals surface area contributed by atoms with Crippen LogP contribution >= 0.6 is 0 Å². The van der Waals surface area contributed by atoms with Crippen LogP contribution in [0.5, 0.6) is 0 Å². The lowest BCUT2D eigenvalue weighted by Crippen LogP contribution is -2.40. The minimum atomic E-state index is 0.178. The molecule has 0 unspecified atom stereocenters. The number of fused-ring (bicyclic) bond motifs is 1. The molecule has 2 saturated heterocycles. The van der Waals surface area contributed by atoms with Crippen LogP contribution in [-0.2, 0) is 17.9 Å². The molecule has 156 valence electrons. The lowest BCUT2D eigenvalue weighted by molar-refractivity contribution is -0.133. The number of nitrogens with zero attached hydrogens (tertiary/aromatic N) is 5. The van der Waals surface area contributed by atoms with E-state index in [1.165, 1.54) is 16.7 Å². The minimum absolute atomic E-state index is 0.178. The lowest BCUT2D eigenvalue weighted by atomic mass is 9.87. The smallest absolute Gasteiger partial charge is 0.237 e. The van der Waals surface area contributed by atoms with E-state index in [0.717, 1.165) is 32.7 Å². The average molecular weight is 396 g/mol. The van der Waals surface area contributed by atoms with Gasteiger partial charge in [-0.1, -0.05) is 24.3 Å². The molecule has 29 heavy (non-hydrogen) atoms. The zero-order chi connectivity index (χ0) is 20.5. The lowest BCUT2D eigenvalue weighted by Gasteiger charge is -2.31. The highest BCUT2D eigenvalue weighted by atomic mass is 16.2. The van der Waals surface area contributed by atoms with Gasteiger partial charge in [0.25, 0.3) is 0 Å². The second kappa shape index (κ2) is 8.28. The summed E-state index contributed by atoms with van der Waals surface area (Å²) in [5.41, 5.74) is 3.87. The van der Waals surface area contributed by atoms with Gasteiger partial charge in [0.15, 0.2) is 0 Å². The molecule has 0 aliphatic carbocycles. The molecule has 3 heterocycles. The van der Waals surface area contributed by atoms with Gasteiger partial charge in [0.05, 0.1) is 18.8 Å². The van der Waals surface area contributed by atoms with Crippen molar-refractivity contribution in [1.82, 2.24) is 24.5 Å². The number of hydrogen-bond donors (Lipinski definition) is 0. The molecule has 1 aromatic heterocycles. The van der Waals surface area contributed by atoms with E-state index >= 15 is 0 Å². The average Bonchev–Trinajstić information content (AvgIpc) is 3.36. The van der Waals surface area contributed by atoms with Gasteiger partial charge in [0.2, 0.25) is 5.91 Å². The molecule has 0 N–H and O–H groups in total. The Labute approximate surface area is 174 Å². The highest BCUT2D eigenvalue weighted by molar-refractivity contribution is 5.79. The molecule has 2 aromatic rings. The number of amides is 1. The summed E-state index contributed by atoms with van der Waals surface area (Å²) in [6.07, 6.45) is 4.14. The van der Waals surface area contributed by atoms with Crippen LogP contribution in [0.25, 0.3) is 0 Å². The first-order chi connectivity index (χ1) is 14.0. The van der Waals surface area contributed by atoms with Gasteiger partial charge in [-0.15, -0.1) is 0 Å². The van der Waals surface area contributed by atoms with Crippen LogP contribution in [0.3, 0.4) is 0 Å². The van der Waals surface area contributed by atoms with Crippen molar-refractivity contribution in [3.8, 4) is 0 Å². The van der Waals surface area contributed by atoms with E-state index in [9.17, 15) is 4.79 Å². The molecule has 1 amide bonds. The summed E-state index contributed by atoms with van der Waals surface area (Å²) in [6, 6.07) is 8.76. The summed E-state index contributed by atoms with van der Waals surface area (Å²) in [5.74, 6) is 1.27. The van der Waals surface area contributed by atoms with Crippen LogP contribution in [0.1, 0.15) is 29.7 Å². The number of aromatic nitrogens is 2. The van der Waals surface area contributed by atoms with Gasteiger partial charge in [0.1, 0.15) is 0 Å². The van der Waals surface area contributed by atoms with E-state index < -0.39 is 0 Å². The van der Waals surface area contributed by atoms with Gasteiger partial charge in [-0.3, -0.25) is 14.4 Å². The molecule has 2 fully saturated rings. The summed E-state index contributed by atoms with van der Waals surface area (Å²) >= 11 is 0. The second-order valence-electron chi connectivity index (χ2n) is 8.91. The number of hydrogen-bond acceptors (Lipinski definition) is 4. The fraction of sp³-hybridized carbons (Fsp3) is 0.565. The molecule has 0 spiro atoms. The summed E-state index contributed by atoms with van der Waals surface area (Å²) in [4.78, 5) is 19.7. The van der Waals surface area contributed by atoms with Crippen molar-refractivity contribution < 1.29 is 4.79 Å². The zero-order valence-corrected chi connectivity index (χ0v) is 18.1.